The summed E-state index contributed by atoms with van der Waals surface area (Å²) in [7, 11) is 3.23. The van der Waals surface area contributed by atoms with Crippen molar-refractivity contribution in [2.24, 2.45) is 11.8 Å². The second-order valence-electron chi connectivity index (χ2n) is 9.59. The lowest BCUT2D eigenvalue weighted by Gasteiger charge is -2.27. The van der Waals surface area contributed by atoms with E-state index in [1.54, 1.807) is 25.1 Å². The smallest absolute Gasteiger partial charge is 0.270 e. The van der Waals surface area contributed by atoms with Gasteiger partial charge in [0.15, 0.2) is 0 Å². The topological polar surface area (TPSA) is 133 Å². The van der Waals surface area contributed by atoms with Crippen LogP contribution in [0.1, 0.15) is 47.4 Å². The number of hydrogen-bond donors (Lipinski definition) is 2. The van der Waals surface area contributed by atoms with Crippen LogP contribution in [-0.4, -0.2) is 64.4 Å². The molecule has 2 aromatic heterocycles. The van der Waals surface area contributed by atoms with Gasteiger partial charge in [0.25, 0.3) is 5.91 Å². The predicted octanol–water partition coefficient (Wildman–Crippen LogP) is 2.55. The molecule has 2 N–H and O–H groups in total. The number of ether oxygens (including phenoxy) is 2. The quantitative estimate of drug-likeness (QED) is 0.368. The lowest BCUT2D eigenvalue weighted by molar-refractivity contribution is -0.126. The Bertz CT molecular complexity index is 1240. The molecule has 0 unspecified atom stereocenters. The monoisotopic (exact) mass is 521 g/mol. The van der Waals surface area contributed by atoms with E-state index in [4.69, 9.17) is 9.47 Å². The van der Waals surface area contributed by atoms with Crippen LogP contribution in [0.25, 0.3) is 11.4 Å². The molecule has 0 saturated heterocycles. The number of tetrazole rings is 1. The Labute approximate surface area is 222 Å². The minimum Gasteiger partial charge on any atom is -0.497 e. The zero-order valence-corrected chi connectivity index (χ0v) is 22.1. The van der Waals surface area contributed by atoms with E-state index < -0.39 is 0 Å². The SMILES string of the molecule is COCCNC(=O)[C@H]1CC[C@H](Cn2nnc(-c3cc(C)nc(C(=O)NCc4cccc(OC)c4)c3)n2)CC1. The lowest BCUT2D eigenvalue weighted by Crippen LogP contribution is -2.35. The van der Waals surface area contributed by atoms with E-state index in [9.17, 15) is 9.59 Å². The molecule has 2 heterocycles. The summed E-state index contributed by atoms with van der Waals surface area (Å²) in [5, 5.41) is 18.9. The number of nitrogens with one attached hydrogen (secondary N) is 2. The minimum atomic E-state index is -0.284. The molecule has 0 bridgehead atoms. The number of pyridine rings is 1. The summed E-state index contributed by atoms with van der Waals surface area (Å²) in [6, 6.07) is 11.1. The third-order valence-corrected chi connectivity index (χ3v) is 6.73. The molecule has 1 aliphatic rings. The van der Waals surface area contributed by atoms with Crippen molar-refractivity contribution >= 4 is 11.8 Å². The Hall–Kier alpha value is -3.86. The van der Waals surface area contributed by atoms with Crippen molar-refractivity contribution in [1.29, 1.82) is 0 Å². The zero-order chi connectivity index (χ0) is 26.9. The van der Waals surface area contributed by atoms with Crippen LogP contribution in [0.15, 0.2) is 36.4 Å². The van der Waals surface area contributed by atoms with Gasteiger partial charge in [0.05, 0.1) is 20.3 Å². The van der Waals surface area contributed by atoms with Crippen molar-refractivity contribution in [3.8, 4) is 17.1 Å². The molecule has 11 nitrogen and oxygen atoms in total. The molecular formula is C27H35N7O4. The van der Waals surface area contributed by atoms with Crippen LogP contribution in [-0.2, 0) is 22.6 Å². The molecule has 0 aliphatic heterocycles. The Kier molecular flexibility index (Phi) is 9.36. The fraction of sp³-hybridized carbons (Fsp3) is 0.481. The fourth-order valence-electron chi connectivity index (χ4n) is 4.66. The lowest BCUT2D eigenvalue weighted by atomic mass is 9.81. The number of methoxy groups -OCH3 is 2. The molecular weight excluding hydrogens is 486 g/mol. The molecule has 0 radical (unpaired) electrons. The first kappa shape index (κ1) is 27.2. The average Bonchev–Trinajstić information content (AvgIpc) is 3.40. The number of carbonyl (C=O) groups is 2. The first-order valence-corrected chi connectivity index (χ1v) is 12.9. The first-order chi connectivity index (χ1) is 18.4. The van der Waals surface area contributed by atoms with Gasteiger partial charge in [0.2, 0.25) is 11.7 Å². The van der Waals surface area contributed by atoms with Crippen molar-refractivity contribution in [1.82, 2.24) is 35.8 Å². The van der Waals surface area contributed by atoms with Gasteiger partial charge in [-0.2, -0.15) is 4.80 Å². The number of carbonyl (C=O) groups excluding carboxylic acids is 2. The molecule has 0 atom stereocenters. The van der Waals surface area contributed by atoms with Gasteiger partial charge < -0.3 is 20.1 Å². The second-order valence-corrected chi connectivity index (χ2v) is 9.59. The number of rotatable bonds is 11. The average molecular weight is 522 g/mol. The number of amides is 2. The van der Waals surface area contributed by atoms with E-state index in [0.29, 0.717) is 54.9 Å². The van der Waals surface area contributed by atoms with E-state index in [1.807, 2.05) is 37.3 Å². The van der Waals surface area contributed by atoms with Crippen molar-refractivity contribution in [2.45, 2.75) is 45.7 Å². The van der Waals surface area contributed by atoms with Crippen LogP contribution in [0.2, 0.25) is 0 Å². The summed E-state index contributed by atoms with van der Waals surface area (Å²) >= 11 is 0. The molecule has 38 heavy (non-hydrogen) atoms. The largest absolute Gasteiger partial charge is 0.497 e. The molecule has 202 valence electrons. The molecule has 3 aromatic rings. The number of benzene rings is 1. The molecule has 4 rings (SSSR count). The van der Waals surface area contributed by atoms with Crippen LogP contribution in [0, 0.1) is 18.8 Å². The highest BCUT2D eigenvalue weighted by atomic mass is 16.5. The first-order valence-electron chi connectivity index (χ1n) is 12.9. The third-order valence-electron chi connectivity index (χ3n) is 6.73. The molecule has 1 aliphatic carbocycles. The van der Waals surface area contributed by atoms with Gasteiger partial charge in [-0.05, 0) is 73.6 Å². The van der Waals surface area contributed by atoms with Gasteiger partial charge >= 0.3 is 0 Å². The van der Waals surface area contributed by atoms with Crippen LogP contribution >= 0.6 is 0 Å². The second kappa shape index (κ2) is 13.1. The minimum absolute atomic E-state index is 0.0515. The highest BCUT2D eigenvalue weighted by Crippen LogP contribution is 2.30. The Morgan fingerprint density at radius 3 is 2.66 bits per heavy atom. The standard InChI is InChI=1S/C27H35N7O4/c1-18-13-22(15-24(30-18)27(36)29-16-20-5-4-6-23(14-20)38-3)25-31-33-34(32-25)17-19-7-9-21(10-8-19)26(35)28-11-12-37-2/h4-6,13-15,19,21H,7-12,16-17H2,1-3H3,(H,28,35)(H,29,36)/t19-,21-. The van der Waals surface area contributed by atoms with Crippen LogP contribution < -0.4 is 15.4 Å². The van der Waals surface area contributed by atoms with Crippen molar-refractivity contribution in [3.05, 3.63) is 53.3 Å². The van der Waals surface area contributed by atoms with E-state index in [1.165, 1.54) is 0 Å². The fourth-order valence-corrected chi connectivity index (χ4v) is 4.66. The van der Waals surface area contributed by atoms with Gasteiger partial charge in [-0.1, -0.05) is 12.1 Å². The van der Waals surface area contributed by atoms with E-state index in [2.05, 4.69) is 31.0 Å². The Balaban J connectivity index is 1.33. The van der Waals surface area contributed by atoms with Crippen molar-refractivity contribution in [2.75, 3.05) is 27.4 Å². The van der Waals surface area contributed by atoms with Gasteiger partial charge in [-0.15, -0.1) is 10.2 Å². The highest BCUT2D eigenvalue weighted by molar-refractivity contribution is 5.93. The zero-order valence-electron chi connectivity index (χ0n) is 22.1. The number of nitrogens with zero attached hydrogens (tertiary/aromatic N) is 5. The van der Waals surface area contributed by atoms with Crippen LogP contribution in [0.4, 0.5) is 0 Å². The van der Waals surface area contributed by atoms with E-state index in [-0.39, 0.29) is 17.7 Å². The van der Waals surface area contributed by atoms with E-state index >= 15 is 0 Å². The normalized spacial score (nSPS) is 17.1. The van der Waals surface area contributed by atoms with Gasteiger partial charge in [0.1, 0.15) is 11.4 Å². The van der Waals surface area contributed by atoms with Crippen LogP contribution in [0.3, 0.4) is 0 Å². The summed E-state index contributed by atoms with van der Waals surface area (Å²) < 4.78 is 10.2. The van der Waals surface area contributed by atoms with Gasteiger partial charge in [-0.25, -0.2) is 4.98 Å². The summed E-state index contributed by atoms with van der Waals surface area (Å²) in [5.74, 6) is 1.45. The Morgan fingerprint density at radius 2 is 1.89 bits per heavy atom. The molecule has 2 amide bonds. The molecule has 1 fully saturated rings. The number of aryl methyl sites for hydroxylation is 1. The number of aromatic nitrogens is 5. The maximum absolute atomic E-state index is 12.8. The number of hydrogen-bond acceptors (Lipinski definition) is 8. The molecule has 11 heteroatoms. The van der Waals surface area contributed by atoms with Crippen molar-refractivity contribution in [3.63, 3.8) is 0 Å². The summed E-state index contributed by atoms with van der Waals surface area (Å²) in [6.07, 6.45) is 3.57. The molecule has 1 aromatic carbocycles. The summed E-state index contributed by atoms with van der Waals surface area (Å²) in [6.45, 7) is 3.89. The van der Waals surface area contributed by atoms with E-state index in [0.717, 1.165) is 37.0 Å². The highest BCUT2D eigenvalue weighted by Gasteiger charge is 2.27. The van der Waals surface area contributed by atoms with Gasteiger partial charge in [-0.3, -0.25) is 9.59 Å². The maximum Gasteiger partial charge on any atom is 0.270 e. The van der Waals surface area contributed by atoms with Crippen molar-refractivity contribution < 1.29 is 19.1 Å². The summed E-state index contributed by atoms with van der Waals surface area (Å²) in [5.41, 5.74) is 2.59. The molecule has 1 saturated carbocycles. The van der Waals surface area contributed by atoms with Crippen LogP contribution in [0.5, 0.6) is 5.75 Å². The predicted molar refractivity (Wildman–Crippen MR) is 140 cm³/mol. The third kappa shape index (κ3) is 7.34. The Morgan fingerprint density at radius 1 is 1.08 bits per heavy atom. The maximum atomic E-state index is 12.8. The van der Waals surface area contributed by atoms with Gasteiger partial charge in [0, 0.05) is 37.4 Å². The molecule has 0 spiro atoms. The summed E-state index contributed by atoms with van der Waals surface area (Å²) in [4.78, 5) is 31.1.